The first kappa shape index (κ1) is 19.9. The minimum absolute atomic E-state index is 0.0372. The van der Waals surface area contributed by atoms with E-state index in [0.29, 0.717) is 23.2 Å². The van der Waals surface area contributed by atoms with Gasteiger partial charge in [-0.05, 0) is 62.8 Å². The molecule has 1 N–H and O–H groups in total. The molecule has 0 bridgehead atoms. The monoisotopic (exact) mass is 413 g/mol. The molecule has 158 valence electrons. The number of unbranched alkanes of at least 4 members (excludes halogenated alkanes) is 1. The molecule has 3 aromatic rings. The average molecular weight is 414 g/mol. The highest BCUT2D eigenvalue weighted by Gasteiger charge is 2.28. The molecule has 0 saturated carbocycles. The van der Waals surface area contributed by atoms with E-state index < -0.39 is 0 Å². The topological polar surface area (TPSA) is 62.3 Å². The van der Waals surface area contributed by atoms with Gasteiger partial charge in [0.2, 0.25) is 5.91 Å². The van der Waals surface area contributed by atoms with Crippen LogP contribution in [0.3, 0.4) is 0 Å². The molecule has 1 amide bonds. The summed E-state index contributed by atoms with van der Waals surface area (Å²) in [6.07, 6.45) is 8.05. The van der Waals surface area contributed by atoms with Crippen LogP contribution >= 0.6 is 0 Å². The fourth-order valence-corrected chi connectivity index (χ4v) is 4.87. The Morgan fingerprint density at radius 1 is 0.968 bits per heavy atom. The van der Waals surface area contributed by atoms with Crippen molar-refractivity contribution in [3.63, 3.8) is 0 Å². The van der Waals surface area contributed by atoms with E-state index in [4.69, 9.17) is 0 Å². The van der Waals surface area contributed by atoms with Crippen molar-refractivity contribution in [2.24, 2.45) is 0 Å². The molecule has 2 aliphatic rings. The van der Waals surface area contributed by atoms with Gasteiger partial charge in [-0.1, -0.05) is 36.8 Å². The number of rotatable bonds is 6. The third kappa shape index (κ3) is 3.86. The lowest BCUT2D eigenvalue weighted by Crippen LogP contribution is -2.30. The molecule has 1 aliphatic heterocycles. The molecule has 0 atom stereocenters. The first-order valence-electron chi connectivity index (χ1n) is 11.3. The van der Waals surface area contributed by atoms with Crippen molar-refractivity contribution in [1.29, 1.82) is 0 Å². The lowest BCUT2D eigenvalue weighted by atomic mass is 9.85. The Kier molecular flexibility index (Phi) is 5.51. The number of nitrogens with zero attached hydrogens (tertiary/aromatic N) is 2. The zero-order valence-corrected chi connectivity index (χ0v) is 17.7. The second-order valence-corrected chi connectivity index (χ2v) is 8.53. The highest BCUT2D eigenvalue weighted by molar-refractivity contribution is 6.27. The number of carbonyl (C=O) groups is 2. The summed E-state index contributed by atoms with van der Waals surface area (Å²) in [4.78, 5) is 33.1. The van der Waals surface area contributed by atoms with Gasteiger partial charge < -0.3 is 10.2 Å². The number of carbonyl (C=O) groups excluding carboxylic acids is 2. The maximum Gasteiger partial charge on any atom is 0.224 e. The summed E-state index contributed by atoms with van der Waals surface area (Å²) >= 11 is 0. The van der Waals surface area contributed by atoms with Crippen LogP contribution < -0.4 is 5.32 Å². The van der Waals surface area contributed by atoms with Crippen molar-refractivity contribution < 1.29 is 9.59 Å². The largest absolute Gasteiger partial charge is 0.325 e. The highest BCUT2D eigenvalue weighted by atomic mass is 16.1. The Morgan fingerprint density at radius 3 is 2.65 bits per heavy atom. The van der Waals surface area contributed by atoms with Crippen molar-refractivity contribution in [1.82, 2.24) is 9.88 Å². The molecular weight excluding hydrogens is 386 g/mol. The van der Waals surface area contributed by atoms with E-state index in [1.807, 2.05) is 42.5 Å². The summed E-state index contributed by atoms with van der Waals surface area (Å²) < 4.78 is 0. The summed E-state index contributed by atoms with van der Waals surface area (Å²) in [5, 5.41) is 4.90. The molecular formula is C26H27N3O2. The van der Waals surface area contributed by atoms with E-state index in [9.17, 15) is 9.59 Å². The van der Waals surface area contributed by atoms with Crippen molar-refractivity contribution in [2.45, 2.75) is 38.5 Å². The Balaban J connectivity index is 1.32. The van der Waals surface area contributed by atoms with E-state index in [-0.39, 0.29) is 11.7 Å². The number of anilines is 1. The number of aromatic nitrogens is 1. The third-order valence-electron chi connectivity index (χ3n) is 6.43. The Hall–Kier alpha value is -3.05. The molecule has 0 radical (unpaired) electrons. The summed E-state index contributed by atoms with van der Waals surface area (Å²) in [5.74, 6) is -0.0908. The fourth-order valence-electron chi connectivity index (χ4n) is 4.87. The van der Waals surface area contributed by atoms with Crippen LogP contribution in [0.4, 0.5) is 5.69 Å². The minimum Gasteiger partial charge on any atom is -0.325 e. The molecule has 1 fully saturated rings. The van der Waals surface area contributed by atoms with E-state index in [1.54, 1.807) is 6.20 Å². The van der Waals surface area contributed by atoms with Gasteiger partial charge >= 0.3 is 0 Å². The molecule has 0 spiro atoms. The highest BCUT2D eigenvalue weighted by Crippen LogP contribution is 2.40. The van der Waals surface area contributed by atoms with Crippen LogP contribution in [-0.4, -0.2) is 41.2 Å². The van der Waals surface area contributed by atoms with Crippen LogP contribution in [-0.2, 0) is 4.79 Å². The number of hydrogen-bond acceptors (Lipinski definition) is 4. The predicted molar refractivity (Wildman–Crippen MR) is 123 cm³/mol. The van der Waals surface area contributed by atoms with Crippen LogP contribution in [0.1, 0.15) is 54.4 Å². The quantitative estimate of drug-likeness (QED) is 0.450. The molecule has 5 rings (SSSR count). The number of piperidine rings is 1. The van der Waals surface area contributed by atoms with Crippen LogP contribution in [0, 0.1) is 0 Å². The van der Waals surface area contributed by atoms with Crippen molar-refractivity contribution in [2.75, 3.05) is 25.0 Å². The Labute approximate surface area is 182 Å². The number of amides is 1. The number of nitrogens with one attached hydrogen (secondary N) is 1. The SMILES string of the molecule is O=C(CCCCN1CCCCC1)Nc1cccc2c1C(=O)c1cccc3ccnc-2c13. The van der Waals surface area contributed by atoms with Crippen LogP contribution in [0.5, 0.6) is 0 Å². The number of fused-ring (bicyclic) bond motifs is 2. The van der Waals surface area contributed by atoms with Crippen molar-refractivity contribution in [3.8, 4) is 11.3 Å². The maximum absolute atomic E-state index is 13.3. The van der Waals surface area contributed by atoms with Gasteiger partial charge in [0.15, 0.2) is 5.78 Å². The zero-order chi connectivity index (χ0) is 21.2. The number of hydrogen-bond donors (Lipinski definition) is 1. The van der Waals surface area contributed by atoms with E-state index in [0.717, 1.165) is 41.4 Å². The third-order valence-corrected chi connectivity index (χ3v) is 6.43. The molecule has 31 heavy (non-hydrogen) atoms. The van der Waals surface area contributed by atoms with Gasteiger partial charge in [-0.25, -0.2) is 0 Å². The summed E-state index contributed by atoms with van der Waals surface area (Å²) in [6, 6.07) is 13.3. The number of pyridine rings is 1. The molecule has 1 saturated heterocycles. The average Bonchev–Trinajstić information content (AvgIpc) is 2.81. The molecule has 2 heterocycles. The van der Waals surface area contributed by atoms with Crippen molar-refractivity contribution >= 4 is 28.2 Å². The molecule has 0 unspecified atom stereocenters. The van der Waals surface area contributed by atoms with E-state index >= 15 is 0 Å². The lowest BCUT2D eigenvalue weighted by Gasteiger charge is -2.26. The summed E-state index contributed by atoms with van der Waals surface area (Å²) in [7, 11) is 0. The molecule has 1 aliphatic carbocycles. The van der Waals surface area contributed by atoms with Gasteiger partial charge in [-0.15, -0.1) is 0 Å². The minimum atomic E-state index is -0.0536. The molecule has 2 aromatic carbocycles. The zero-order valence-electron chi connectivity index (χ0n) is 17.7. The molecule has 5 nitrogen and oxygen atoms in total. The van der Waals surface area contributed by atoms with Gasteiger partial charge in [-0.2, -0.15) is 0 Å². The second kappa shape index (κ2) is 8.60. The van der Waals surface area contributed by atoms with E-state index in [1.165, 1.54) is 32.4 Å². The lowest BCUT2D eigenvalue weighted by molar-refractivity contribution is -0.116. The second-order valence-electron chi connectivity index (χ2n) is 8.53. The number of likely N-dealkylation sites (tertiary alicyclic amines) is 1. The first-order valence-corrected chi connectivity index (χ1v) is 11.3. The predicted octanol–water partition coefficient (Wildman–Crippen LogP) is 5.04. The smallest absolute Gasteiger partial charge is 0.224 e. The van der Waals surface area contributed by atoms with Crippen LogP contribution in [0.2, 0.25) is 0 Å². The van der Waals surface area contributed by atoms with Crippen molar-refractivity contribution in [3.05, 3.63) is 59.8 Å². The first-order chi connectivity index (χ1) is 15.2. The summed E-state index contributed by atoms with van der Waals surface area (Å²) in [6.45, 7) is 3.44. The van der Waals surface area contributed by atoms with Gasteiger partial charge in [-0.3, -0.25) is 14.6 Å². The standard InChI is InChI=1S/C26H27N3O2/c30-22(12-2-5-17-29-15-3-1-4-16-29)28-21-11-7-9-19-24(21)26(31)20-10-6-8-18-13-14-27-25(19)23(18)20/h6-11,13-14H,1-5,12,15-17H2,(H,28,30). The maximum atomic E-state index is 13.3. The number of ketones is 1. The normalized spacial score (nSPS) is 15.7. The van der Waals surface area contributed by atoms with Gasteiger partial charge in [0.05, 0.1) is 16.9 Å². The Bertz CT molecular complexity index is 1140. The molecule has 5 heteroatoms. The Morgan fingerprint density at radius 2 is 1.77 bits per heavy atom. The fraction of sp³-hybridized carbons (Fsp3) is 0.346. The molecule has 1 aromatic heterocycles. The van der Waals surface area contributed by atoms with Gasteiger partial charge in [0.25, 0.3) is 0 Å². The summed E-state index contributed by atoms with van der Waals surface area (Å²) in [5.41, 5.74) is 3.37. The van der Waals surface area contributed by atoms with Crippen LogP contribution in [0.15, 0.2) is 48.7 Å². The van der Waals surface area contributed by atoms with Gasteiger partial charge in [0, 0.05) is 29.1 Å². The van der Waals surface area contributed by atoms with Gasteiger partial charge in [0.1, 0.15) is 0 Å². The van der Waals surface area contributed by atoms with Crippen LogP contribution in [0.25, 0.3) is 22.0 Å². The number of benzene rings is 2. The van der Waals surface area contributed by atoms with E-state index in [2.05, 4.69) is 15.2 Å².